The molecule has 28 heavy (non-hydrogen) atoms. The van der Waals surface area contributed by atoms with Crippen molar-refractivity contribution < 1.29 is 13.2 Å². The molecule has 0 bridgehead atoms. The Bertz CT molecular complexity index is 1010. The number of rotatable bonds is 8. The van der Waals surface area contributed by atoms with Crippen LogP contribution in [0.5, 0.6) is 11.5 Å². The van der Waals surface area contributed by atoms with Gasteiger partial charge in [-0.3, -0.25) is 9.29 Å². The molecule has 0 atom stereocenters. The zero-order chi connectivity index (χ0) is 20.0. The van der Waals surface area contributed by atoms with Crippen LogP contribution in [0.4, 0.5) is 5.69 Å². The molecule has 146 valence electrons. The maximum atomic E-state index is 12.9. The second-order valence-corrected chi connectivity index (χ2v) is 8.63. The standard InChI is InChI=1S/C21H21ClN2O3S/c1-2-13-28(25,26)24(16-17-7-6-12-23-15-17)18-10-11-21(20(22)14-18)27-19-8-4-3-5-9-19/h3-12,14-15H,2,13,16H2,1H3. The number of sulfonamides is 1. The zero-order valence-corrected chi connectivity index (χ0v) is 17.0. The summed E-state index contributed by atoms with van der Waals surface area (Å²) in [5.74, 6) is 1.17. The molecular weight excluding hydrogens is 396 g/mol. The number of hydrogen-bond donors (Lipinski definition) is 0. The van der Waals surface area contributed by atoms with E-state index >= 15 is 0 Å². The first-order chi connectivity index (χ1) is 13.5. The lowest BCUT2D eigenvalue weighted by Crippen LogP contribution is -2.32. The van der Waals surface area contributed by atoms with Crippen molar-refractivity contribution in [1.29, 1.82) is 0 Å². The predicted molar refractivity (Wildman–Crippen MR) is 112 cm³/mol. The molecule has 7 heteroatoms. The zero-order valence-electron chi connectivity index (χ0n) is 15.5. The molecule has 0 N–H and O–H groups in total. The van der Waals surface area contributed by atoms with E-state index in [2.05, 4.69) is 4.98 Å². The molecule has 5 nitrogen and oxygen atoms in total. The summed E-state index contributed by atoms with van der Waals surface area (Å²) in [7, 11) is -3.51. The molecule has 0 saturated carbocycles. The third-order valence-corrected chi connectivity index (χ3v) is 6.25. The summed E-state index contributed by atoms with van der Waals surface area (Å²) in [6, 6.07) is 17.9. The molecule has 1 heterocycles. The fraction of sp³-hybridized carbons (Fsp3) is 0.190. The number of anilines is 1. The molecule has 0 unspecified atom stereocenters. The summed E-state index contributed by atoms with van der Waals surface area (Å²) in [6.45, 7) is 2.02. The van der Waals surface area contributed by atoms with Crippen LogP contribution < -0.4 is 9.04 Å². The SMILES string of the molecule is CCCS(=O)(=O)N(Cc1cccnc1)c1ccc(Oc2ccccc2)c(Cl)c1. The minimum atomic E-state index is -3.51. The number of halogens is 1. The number of hydrogen-bond acceptors (Lipinski definition) is 4. The van der Waals surface area contributed by atoms with E-state index in [0.717, 1.165) is 5.56 Å². The summed E-state index contributed by atoms with van der Waals surface area (Å²) in [4.78, 5) is 4.07. The molecule has 0 spiro atoms. The molecule has 2 aromatic carbocycles. The summed E-state index contributed by atoms with van der Waals surface area (Å²) in [6.07, 6.45) is 3.83. The van der Waals surface area contributed by atoms with Crippen molar-refractivity contribution >= 4 is 27.3 Å². The van der Waals surface area contributed by atoms with E-state index in [1.54, 1.807) is 36.7 Å². The van der Waals surface area contributed by atoms with E-state index in [1.807, 2.05) is 43.3 Å². The molecule has 3 rings (SSSR count). The van der Waals surface area contributed by atoms with Crippen molar-refractivity contribution in [2.75, 3.05) is 10.1 Å². The second kappa shape index (κ2) is 9.08. The van der Waals surface area contributed by atoms with Gasteiger partial charge in [0.1, 0.15) is 11.5 Å². The van der Waals surface area contributed by atoms with Crippen molar-refractivity contribution in [3.8, 4) is 11.5 Å². The predicted octanol–water partition coefficient (Wildman–Crippen LogP) is 5.27. The van der Waals surface area contributed by atoms with Crippen LogP contribution in [0.25, 0.3) is 0 Å². The third kappa shape index (κ3) is 5.03. The van der Waals surface area contributed by atoms with Crippen LogP contribution in [-0.2, 0) is 16.6 Å². The van der Waals surface area contributed by atoms with Gasteiger partial charge in [-0.05, 0) is 48.4 Å². The molecule has 1 aromatic heterocycles. The van der Waals surface area contributed by atoms with Crippen molar-refractivity contribution in [1.82, 2.24) is 4.98 Å². The summed E-state index contributed by atoms with van der Waals surface area (Å²) in [5, 5.41) is 0.337. The Morgan fingerprint density at radius 1 is 1.07 bits per heavy atom. The maximum absolute atomic E-state index is 12.9. The van der Waals surface area contributed by atoms with E-state index in [9.17, 15) is 8.42 Å². The lowest BCUT2D eigenvalue weighted by atomic mass is 10.2. The van der Waals surface area contributed by atoms with Crippen LogP contribution in [-0.4, -0.2) is 19.2 Å². The minimum Gasteiger partial charge on any atom is -0.456 e. The number of pyridine rings is 1. The van der Waals surface area contributed by atoms with Gasteiger partial charge in [-0.1, -0.05) is 42.8 Å². The van der Waals surface area contributed by atoms with Crippen molar-refractivity contribution in [2.24, 2.45) is 0 Å². The van der Waals surface area contributed by atoms with Crippen LogP contribution in [0.3, 0.4) is 0 Å². The number of benzene rings is 2. The van der Waals surface area contributed by atoms with Gasteiger partial charge in [0.2, 0.25) is 10.0 Å². The van der Waals surface area contributed by atoms with Gasteiger partial charge >= 0.3 is 0 Å². The Hall–Kier alpha value is -2.57. The van der Waals surface area contributed by atoms with Crippen LogP contribution in [0.1, 0.15) is 18.9 Å². The summed E-state index contributed by atoms with van der Waals surface area (Å²) >= 11 is 6.39. The smallest absolute Gasteiger partial charge is 0.235 e. The fourth-order valence-corrected chi connectivity index (χ4v) is 4.45. The molecule has 0 radical (unpaired) electrons. The van der Waals surface area contributed by atoms with Gasteiger partial charge in [0, 0.05) is 12.4 Å². The molecule has 0 aliphatic carbocycles. The highest BCUT2D eigenvalue weighted by molar-refractivity contribution is 7.92. The number of nitrogens with zero attached hydrogens (tertiary/aromatic N) is 2. The highest BCUT2D eigenvalue weighted by Gasteiger charge is 2.23. The third-order valence-electron chi connectivity index (χ3n) is 4.02. The molecule has 0 saturated heterocycles. The van der Waals surface area contributed by atoms with Crippen molar-refractivity contribution in [3.63, 3.8) is 0 Å². The van der Waals surface area contributed by atoms with E-state index < -0.39 is 10.0 Å². The summed E-state index contributed by atoms with van der Waals surface area (Å²) < 4.78 is 32.9. The highest BCUT2D eigenvalue weighted by atomic mass is 35.5. The van der Waals surface area contributed by atoms with E-state index in [4.69, 9.17) is 16.3 Å². The molecule has 0 fully saturated rings. The first-order valence-corrected chi connectivity index (χ1v) is 10.9. The Labute approximate surface area is 170 Å². The second-order valence-electron chi connectivity index (χ2n) is 6.21. The maximum Gasteiger partial charge on any atom is 0.235 e. The van der Waals surface area contributed by atoms with Crippen LogP contribution >= 0.6 is 11.6 Å². The van der Waals surface area contributed by atoms with E-state index in [-0.39, 0.29) is 12.3 Å². The molecule has 3 aromatic rings. The normalized spacial score (nSPS) is 11.2. The number of para-hydroxylation sites is 1. The Kier molecular flexibility index (Phi) is 6.54. The van der Waals surface area contributed by atoms with Crippen molar-refractivity contribution in [2.45, 2.75) is 19.9 Å². The van der Waals surface area contributed by atoms with Gasteiger partial charge in [0.15, 0.2) is 0 Å². The summed E-state index contributed by atoms with van der Waals surface area (Å²) in [5.41, 5.74) is 1.28. The van der Waals surface area contributed by atoms with E-state index in [1.165, 1.54) is 4.31 Å². The monoisotopic (exact) mass is 416 g/mol. The van der Waals surface area contributed by atoms with Gasteiger partial charge in [-0.2, -0.15) is 0 Å². The fourth-order valence-electron chi connectivity index (χ4n) is 2.72. The van der Waals surface area contributed by atoms with Crippen molar-refractivity contribution in [3.05, 3.63) is 83.6 Å². The van der Waals surface area contributed by atoms with Crippen LogP contribution in [0.2, 0.25) is 5.02 Å². The Morgan fingerprint density at radius 2 is 1.86 bits per heavy atom. The average molecular weight is 417 g/mol. The van der Waals surface area contributed by atoms with Gasteiger partial charge in [0.05, 0.1) is 23.0 Å². The highest BCUT2D eigenvalue weighted by Crippen LogP contribution is 2.34. The first-order valence-electron chi connectivity index (χ1n) is 8.91. The molecule has 0 aliphatic rings. The van der Waals surface area contributed by atoms with Crippen LogP contribution in [0.15, 0.2) is 73.1 Å². The Balaban J connectivity index is 1.92. The lowest BCUT2D eigenvalue weighted by molar-refractivity contribution is 0.483. The molecule has 0 amide bonds. The van der Waals surface area contributed by atoms with Gasteiger partial charge in [-0.25, -0.2) is 8.42 Å². The van der Waals surface area contributed by atoms with E-state index in [0.29, 0.717) is 28.6 Å². The van der Waals surface area contributed by atoms with Gasteiger partial charge in [-0.15, -0.1) is 0 Å². The van der Waals surface area contributed by atoms with Crippen LogP contribution in [0, 0.1) is 0 Å². The number of aromatic nitrogens is 1. The minimum absolute atomic E-state index is 0.0488. The Morgan fingerprint density at radius 3 is 2.50 bits per heavy atom. The largest absolute Gasteiger partial charge is 0.456 e. The van der Waals surface area contributed by atoms with Gasteiger partial charge < -0.3 is 4.74 Å². The average Bonchev–Trinajstić information content (AvgIpc) is 2.69. The number of ether oxygens (including phenoxy) is 1. The molecular formula is C21H21ClN2O3S. The topological polar surface area (TPSA) is 59.5 Å². The first kappa shape index (κ1) is 20.2. The van der Waals surface area contributed by atoms with Gasteiger partial charge in [0.25, 0.3) is 0 Å². The lowest BCUT2D eigenvalue weighted by Gasteiger charge is -2.25. The molecule has 0 aliphatic heterocycles. The quantitative estimate of drug-likeness (QED) is 0.501.